The fraction of sp³-hybridized carbons (Fsp3) is 0.583. The molecule has 0 bridgehead atoms. The van der Waals surface area contributed by atoms with Gasteiger partial charge in [-0.1, -0.05) is 25.7 Å². The molecule has 2 aliphatic rings. The van der Waals surface area contributed by atoms with E-state index in [4.69, 9.17) is 0 Å². The van der Waals surface area contributed by atoms with Gasteiger partial charge in [0.05, 0.1) is 0 Å². The van der Waals surface area contributed by atoms with E-state index >= 15 is 0 Å². The minimum absolute atomic E-state index is 0.0573. The molecular formula is C12H16O. The summed E-state index contributed by atoms with van der Waals surface area (Å²) in [5, 5.41) is 0. The number of ketones is 1. The maximum atomic E-state index is 11.7. The van der Waals surface area contributed by atoms with E-state index in [1.807, 2.05) is 6.08 Å². The van der Waals surface area contributed by atoms with Gasteiger partial charge in [-0.2, -0.15) is 0 Å². The van der Waals surface area contributed by atoms with E-state index < -0.39 is 0 Å². The van der Waals surface area contributed by atoms with Gasteiger partial charge in [-0.15, -0.1) is 0 Å². The van der Waals surface area contributed by atoms with Crippen molar-refractivity contribution >= 4 is 5.78 Å². The zero-order valence-corrected chi connectivity index (χ0v) is 8.18. The summed E-state index contributed by atoms with van der Waals surface area (Å²) in [5.41, 5.74) is 1.25. The van der Waals surface area contributed by atoms with E-state index in [1.165, 1.54) is 5.57 Å². The van der Waals surface area contributed by atoms with E-state index in [-0.39, 0.29) is 5.41 Å². The van der Waals surface area contributed by atoms with Crippen LogP contribution >= 0.6 is 0 Å². The van der Waals surface area contributed by atoms with Gasteiger partial charge in [0.15, 0.2) is 0 Å². The number of Topliss-reactive ketones (excluding diaryl/α,β-unsaturated/α-hetero) is 1. The van der Waals surface area contributed by atoms with Crippen molar-refractivity contribution < 1.29 is 4.79 Å². The lowest BCUT2D eigenvalue weighted by Crippen LogP contribution is -2.31. The van der Waals surface area contributed by atoms with Gasteiger partial charge in [-0.25, -0.2) is 0 Å². The number of fused-ring (bicyclic) bond motifs is 1. The highest BCUT2D eigenvalue weighted by atomic mass is 16.1. The molecule has 2 atom stereocenters. The summed E-state index contributed by atoms with van der Waals surface area (Å²) in [6.07, 6.45) is 8.06. The topological polar surface area (TPSA) is 17.1 Å². The summed E-state index contributed by atoms with van der Waals surface area (Å²) in [6, 6.07) is 0. The minimum atomic E-state index is -0.0573. The molecule has 2 aliphatic carbocycles. The van der Waals surface area contributed by atoms with Crippen molar-refractivity contribution in [2.45, 2.75) is 32.6 Å². The van der Waals surface area contributed by atoms with Gasteiger partial charge in [0.2, 0.25) is 0 Å². The van der Waals surface area contributed by atoms with Crippen LogP contribution in [-0.4, -0.2) is 5.78 Å². The smallest absolute Gasteiger partial charge is 0.139 e. The Morgan fingerprint density at radius 2 is 2.46 bits per heavy atom. The molecule has 1 nitrogen and oxygen atoms in total. The lowest BCUT2D eigenvalue weighted by Gasteiger charge is -2.34. The molecule has 0 aromatic carbocycles. The quantitative estimate of drug-likeness (QED) is 0.600. The lowest BCUT2D eigenvalue weighted by atomic mass is 9.69. The van der Waals surface area contributed by atoms with Crippen LogP contribution in [-0.2, 0) is 4.79 Å². The van der Waals surface area contributed by atoms with E-state index in [9.17, 15) is 4.79 Å². The van der Waals surface area contributed by atoms with Gasteiger partial charge in [0.25, 0.3) is 0 Å². The van der Waals surface area contributed by atoms with Crippen LogP contribution in [0.5, 0.6) is 0 Å². The Morgan fingerprint density at radius 3 is 3.15 bits per heavy atom. The average Bonchev–Trinajstić information content (AvgIpc) is 2.43. The standard InChI is InChI=1S/C12H16O/c1-3-9-5-4-8-12(2)10(9)6-7-11(12)13/h3,5,10H,1,4,6-8H2,2H3/t10-,12-/m0/s1. The highest BCUT2D eigenvalue weighted by molar-refractivity contribution is 5.88. The van der Waals surface area contributed by atoms with E-state index in [0.717, 1.165) is 25.7 Å². The first-order valence-corrected chi connectivity index (χ1v) is 5.04. The molecule has 1 heteroatoms. The van der Waals surface area contributed by atoms with Crippen LogP contribution in [0.1, 0.15) is 32.6 Å². The minimum Gasteiger partial charge on any atom is -0.299 e. The van der Waals surface area contributed by atoms with Crippen molar-refractivity contribution in [1.29, 1.82) is 0 Å². The number of carbonyl (C=O) groups excluding carboxylic acids is 1. The molecule has 0 aromatic heterocycles. The van der Waals surface area contributed by atoms with E-state index in [1.54, 1.807) is 0 Å². The zero-order chi connectivity index (χ0) is 9.47. The Balaban J connectivity index is 2.38. The second kappa shape index (κ2) is 2.83. The van der Waals surface area contributed by atoms with Crippen LogP contribution in [0.2, 0.25) is 0 Å². The summed E-state index contributed by atoms with van der Waals surface area (Å²) in [7, 11) is 0. The molecule has 0 aromatic rings. The normalized spacial score (nSPS) is 38.4. The molecule has 1 saturated carbocycles. The fourth-order valence-electron chi connectivity index (χ4n) is 2.83. The summed E-state index contributed by atoms with van der Waals surface area (Å²) >= 11 is 0. The predicted octanol–water partition coefficient (Wildman–Crippen LogP) is 2.88. The Morgan fingerprint density at radius 1 is 1.69 bits per heavy atom. The first kappa shape index (κ1) is 8.74. The Labute approximate surface area is 79.5 Å². The summed E-state index contributed by atoms with van der Waals surface area (Å²) < 4.78 is 0. The van der Waals surface area contributed by atoms with E-state index in [0.29, 0.717) is 11.7 Å². The van der Waals surface area contributed by atoms with Crippen LogP contribution in [0.3, 0.4) is 0 Å². The van der Waals surface area contributed by atoms with Crippen molar-refractivity contribution in [2.24, 2.45) is 11.3 Å². The summed E-state index contributed by atoms with van der Waals surface area (Å²) in [5.74, 6) is 0.927. The third kappa shape index (κ3) is 1.10. The maximum Gasteiger partial charge on any atom is 0.139 e. The molecule has 70 valence electrons. The van der Waals surface area contributed by atoms with E-state index in [2.05, 4.69) is 19.6 Å². The van der Waals surface area contributed by atoms with Gasteiger partial charge in [-0.05, 0) is 30.8 Å². The molecule has 0 saturated heterocycles. The Bertz CT molecular complexity index is 287. The summed E-state index contributed by atoms with van der Waals surface area (Å²) in [4.78, 5) is 11.7. The largest absolute Gasteiger partial charge is 0.299 e. The van der Waals surface area contributed by atoms with Crippen molar-refractivity contribution in [3.63, 3.8) is 0 Å². The molecule has 2 rings (SSSR count). The predicted molar refractivity (Wildman–Crippen MR) is 53.4 cm³/mol. The fourth-order valence-corrected chi connectivity index (χ4v) is 2.83. The zero-order valence-electron chi connectivity index (χ0n) is 8.18. The molecule has 0 amide bonds. The third-order valence-electron chi connectivity index (χ3n) is 3.75. The highest BCUT2D eigenvalue weighted by Crippen LogP contribution is 2.50. The first-order valence-electron chi connectivity index (χ1n) is 5.04. The molecule has 0 aliphatic heterocycles. The molecule has 0 heterocycles. The first-order chi connectivity index (χ1) is 6.18. The molecule has 0 spiro atoms. The Hall–Kier alpha value is -0.850. The maximum absolute atomic E-state index is 11.7. The molecular weight excluding hydrogens is 160 g/mol. The molecule has 0 radical (unpaired) electrons. The highest BCUT2D eigenvalue weighted by Gasteiger charge is 2.47. The number of rotatable bonds is 1. The van der Waals surface area contributed by atoms with Gasteiger partial charge < -0.3 is 0 Å². The second-order valence-electron chi connectivity index (χ2n) is 4.38. The third-order valence-corrected chi connectivity index (χ3v) is 3.75. The second-order valence-corrected chi connectivity index (χ2v) is 4.38. The Kier molecular flexibility index (Phi) is 1.90. The van der Waals surface area contributed by atoms with Crippen LogP contribution in [0.15, 0.2) is 24.3 Å². The van der Waals surface area contributed by atoms with Crippen molar-refractivity contribution in [3.05, 3.63) is 24.3 Å². The van der Waals surface area contributed by atoms with Gasteiger partial charge >= 0.3 is 0 Å². The van der Waals surface area contributed by atoms with Gasteiger partial charge in [-0.3, -0.25) is 4.79 Å². The number of allylic oxidation sites excluding steroid dienone is 3. The SMILES string of the molecule is C=CC1=CCC[C@]2(C)C(=O)CC[C@@H]12. The molecule has 0 N–H and O–H groups in total. The van der Waals surface area contributed by atoms with Crippen LogP contribution in [0, 0.1) is 11.3 Å². The molecule has 13 heavy (non-hydrogen) atoms. The van der Waals surface area contributed by atoms with Crippen LogP contribution in [0.4, 0.5) is 0 Å². The number of carbonyl (C=O) groups is 1. The van der Waals surface area contributed by atoms with Gasteiger partial charge in [0, 0.05) is 11.8 Å². The van der Waals surface area contributed by atoms with Crippen molar-refractivity contribution in [1.82, 2.24) is 0 Å². The number of hydrogen-bond donors (Lipinski definition) is 0. The molecule has 1 fully saturated rings. The molecule has 0 unspecified atom stereocenters. The lowest BCUT2D eigenvalue weighted by molar-refractivity contribution is -0.126. The van der Waals surface area contributed by atoms with Crippen molar-refractivity contribution in [3.8, 4) is 0 Å². The monoisotopic (exact) mass is 176 g/mol. The van der Waals surface area contributed by atoms with Crippen LogP contribution in [0.25, 0.3) is 0 Å². The van der Waals surface area contributed by atoms with Crippen molar-refractivity contribution in [2.75, 3.05) is 0 Å². The summed E-state index contributed by atoms with van der Waals surface area (Å²) in [6.45, 7) is 5.95. The van der Waals surface area contributed by atoms with Gasteiger partial charge in [0.1, 0.15) is 5.78 Å². The number of hydrogen-bond acceptors (Lipinski definition) is 1. The van der Waals surface area contributed by atoms with Crippen LogP contribution < -0.4 is 0 Å². The average molecular weight is 176 g/mol.